The van der Waals surface area contributed by atoms with Crippen molar-refractivity contribution in [2.75, 3.05) is 0 Å². The van der Waals surface area contributed by atoms with E-state index >= 15 is 0 Å². The first-order valence-electron chi connectivity index (χ1n) is 7.92. The Morgan fingerprint density at radius 1 is 1.00 bits per heavy atom. The highest BCUT2D eigenvalue weighted by Crippen LogP contribution is 2.11. The van der Waals surface area contributed by atoms with Crippen LogP contribution in [0.1, 0.15) is 35.2 Å². The molecule has 2 aromatic carbocycles. The lowest BCUT2D eigenvalue weighted by molar-refractivity contribution is -0.137. The molecule has 0 bridgehead atoms. The van der Waals surface area contributed by atoms with E-state index in [1.807, 2.05) is 30.3 Å². The second-order valence-corrected chi connectivity index (χ2v) is 5.23. The van der Waals surface area contributed by atoms with Crippen molar-refractivity contribution in [3.8, 4) is 5.75 Å². The first kappa shape index (κ1) is 19.9. The van der Waals surface area contributed by atoms with Gasteiger partial charge in [0, 0.05) is 12.0 Å². The number of phenols is 1. The van der Waals surface area contributed by atoms with Crippen LogP contribution in [0.25, 0.3) is 6.08 Å². The Hall–Kier alpha value is -3.14. The predicted molar refractivity (Wildman–Crippen MR) is 99.6 cm³/mol. The molecule has 0 aliphatic rings. The number of unbranched alkanes of at least 4 members (excludes halogenated alkanes) is 1. The van der Waals surface area contributed by atoms with Crippen molar-refractivity contribution in [2.45, 2.75) is 19.3 Å². The molecule has 0 aliphatic heterocycles. The molecule has 4 nitrogen and oxygen atoms in total. The summed E-state index contributed by atoms with van der Waals surface area (Å²) in [6, 6.07) is 15.9. The molecule has 0 saturated heterocycles. The van der Waals surface area contributed by atoms with Gasteiger partial charge in [-0.1, -0.05) is 42.5 Å². The smallest absolute Gasteiger partial charge is 0.303 e. The third-order valence-electron chi connectivity index (χ3n) is 3.18. The maximum Gasteiger partial charge on any atom is 0.303 e. The Kier molecular flexibility index (Phi) is 9.08. The van der Waals surface area contributed by atoms with E-state index in [-0.39, 0.29) is 18.0 Å². The molecule has 2 aromatic rings. The fourth-order valence-electron chi connectivity index (χ4n) is 1.86. The second kappa shape index (κ2) is 11.4. The van der Waals surface area contributed by atoms with Crippen LogP contribution < -0.4 is 0 Å². The normalized spacial score (nSPS) is 9.92. The number of aliphatic carboxylic acids is 1. The quantitative estimate of drug-likeness (QED) is 0.332. The summed E-state index contributed by atoms with van der Waals surface area (Å²) < 4.78 is 0. The van der Waals surface area contributed by atoms with Gasteiger partial charge in [0.1, 0.15) is 5.75 Å². The maximum absolute atomic E-state index is 11.8. The van der Waals surface area contributed by atoms with Crippen LogP contribution in [-0.4, -0.2) is 22.0 Å². The number of carboxylic acid groups (broad SMARTS) is 1. The number of carboxylic acids is 1. The number of hydrogen-bond donors (Lipinski definition) is 2. The number of carbonyl (C=O) groups is 2. The standard InChI is InChI=1S/C15H12O2.C6H10O2/c16-14-9-7-13(8-10-14)15(17)11-6-12-4-2-1-3-5-12;1-2-3-4-5-6(7)8/h1-11,16H;2H,1,3-5H2,(H,7,8)/b11-6+;. The van der Waals surface area contributed by atoms with E-state index in [1.54, 1.807) is 24.3 Å². The molecular formula is C21H22O4. The molecule has 0 fully saturated rings. The first-order chi connectivity index (χ1) is 12.0. The minimum atomic E-state index is -0.730. The van der Waals surface area contributed by atoms with Crippen LogP contribution in [0.4, 0.5) is 0 Å². The zero-order chi connectivity index (χ0) is 18.5. The van der Waals surface area contributed by atoms with Crippen LogP contribution >= 0.6 is 0 Å². The van der Waals surface area contributed by atoms with Gasteiger partial charge >= 0.3 is 5.97 Å². The molecule has 130 valence electrons. The second-order valence-electron chi connectivity index (χ2n) is 5.23. The summed E-state index contributed by atoms with van der Waals surface area (Å²) in [5.41, 5.74) is 1.55. The van der Waals surface area contributed by atoms with Crippen LogP contribution in [0.5, 0.6) is 5.75 Å². The first-order valence-corrected chi connectivity index (χ1v) is 7.92. The number of carbonyl (C=O) groups excluding carboxylic acids is 1. The number of rotatable bonds is 7. The van der Waals surface area contributed by atoms with E-state index < -0.39 is 5.97 Å². The van der Waals surface area contributed by atoms with Crippen LogP contribution in [0, 0.1) is 0 Å². The molecule has 4 heteroatoms. The molecule has 0 radical (unpaired) electrons. The van der Waals surface area contributed by atoms with Gasteiger partial charge < -0.3 is 10.2 Å². The fraction of sp³-hybridized carbons (Fsp3) is 0.143. The molecule has 2 N–H and O–H groups in total. The Bertz CT molecular complexity index is 700. The minimum Gasteiger partial charge on any atom is -0.508 e. The number of hydrogen-bond acceptors (Lipinski definition) is 3. The van der Waals surface area contributed by atoms with Gasteiger partial charge in [-0.05, 0) is 48.7 Å². The Morgan fingerprint density at radius 2 is 1.64 bits per heavy atom. The number of aromatic hydroxyl groups is 1. The molecule has 0 amide bonds. The van der Waals surface area contributed by atoms with Crippen molar-refractivity contribution in [3.63, 3.8) is 0 Å². The Labute approximate surface area is 147 Å². The lowest BCUT2D eigenvalue weighted by Gasteiger charge is -1.96. The van der Waals surface area contributed by atoms with Crippen molar-refractivity contribution >= 4 is 17.8 Å². The van der Waals surface area contributed by atoms with E-state index in [0.717, 1.165) is 12.0 Å². The Morgan fingerprint density at radius 3 is 2.20 bits per heavy atom. The van der Waals surface area contributed by atoms with Crippen molar-refractivity contribution in [3.05, 3.63) is 84.5 Å². The van der Waals surface area contributed by atoms with Gasteiger partial charge in [0.2, 0.25) is 0 Å². The van der Waals surface area contributed by atoms with E-state index in [4.69, 9.17) is 10.2 Å². The summed E-state index contributed by atoms with van der Waals surface area (Å²) in [6.07, 6.45) is 6.79. The number of phenolic OH excluding ortho intramolecular Hbond substituents is 1. The monoisotopic (exact) mass is 338 g/mol. The van der Waals surface area contributed by atoms with E-state index in [9.17, 15) is 9.59 Å². The fourth-order valence-corrected chi connectivity index (χ4v) is 1.86. The molecular weight excluding hydrogens is 316 g/mol. The highest BCUT2D eigenvalue weighted by atomic mass is 16.4. The third kappa shape index (κ3) is 8.91. The van der Waals surface area contributed by atoms with E-state index in [2.05, 4.69) is 6.58 Å². The predicted octanol–water partition coefficient (Wildman–Crippen LogP) is 4.72. The van der Waals surface area contributed by atoms with Crippen LogP contribution in [0.3, 0.4) is 0 Å². The van der Waals surface area contributed by atoms with Crippen molar-refractivity contribution in [2.24, 2.45) is 0 Å². The summed E-state index contributed by atoms with van der Waals surface area (Å²) in [5.74, 6) is -0.644. The SMILES string of the molecule is C=CCCCC(=O)O.O=C(/C=C/c1ccccc1)c1ccc(O)cc1. The lowest BCUT2D eigenvalue weighted by atomic mass is 10.1. The third-order valence-corrected chi connectivity index (χ3v) is 3.18. The van der Waals surface area contributed by atoms with Gasteiger partial charge in [-0.25, -0.2) is 0 Å². The van der Waals surface area contributed by atoms with Gasteiger partial charge in [0.15, 0.2) is 5.78 Å². The maximum atomic E-state index is 11.8. The van der Waals surface area contributed by atoms with Crippen LogP contribution in [0.2, 0.25) is 0 Å². The van der Waals surface area contributed by atoms with Crippen molar-refractivity contribution in [1.29, 1.82) is 0 Å². The van der Waals surface area contributed by atoms with Gasteiger partial charge in [-0.3, -0.25) is 9.59 Å². The van der Waals surface area contributed by atoms with Gasteiger partial charge in [-0.2, -0.15) is 0 Å². The van der Waals surface area contributed by atoms with Crippen LogP contribution in [0.15, 0.2) is 73.3 Å². The summed E-state index contributed by atoms with van der Waals surface area (Å²) >= 11 is 0. The number of benzene rings is 2. The zero-order valence-corrected chi connectivity index (χ0v) is 14.0. The zero-order valence-electron chi connectivity index (χ0n) is 14.0. The largest absolute Gasteiger partial charge is 0.508 e. The highest BCUT2D eigenvalue weighted by Gasteiger charge is 2.00. The minimum absolute atomic E-state index is 0.0751. The Balaban J connectivity index is 0.000000333. The average Bonchev–Trinajstić information content (AvgIpc) is 2.62. The number of ketones is 1. The van der Waals surface area contributed by atoms with E-state index in [1.165, 1.54) is 18.2 Å². The molecule has 0 saturated carbocycles. The van der Waals surface area contributed by atoms with E-state index in [0.29, 0.717) is 12.0 Å². The molecule has 2 rings (SSSR count). The van der Waals surface area contributed by atoms with Gasteiger partial charge in [0.05, 0.1) is 0 Å². The van der Waals surface area contributed by atoms with Crippen molar-refractivity contribution < 1.29 is 19.8 Å². The molecule has 0 aliphatic carbocycles. The lowest BCUT2D eigenvalue weighted by Crippen LogP contribution is -1.92. The summed E-state index contributed by atoms with van der Waals surface area (Å²) in [6.45, 7) is 3.46. The van der Waals surface area contributed by atoms with Gasteiger partial charge in [-0.15, -0.1) is 6.58 Å². The van der Waals surface area contributed by atoms with Crippen molar-refractivity contribution in [1.82, 2.24) is 0 Å². The summed E-state index contributed by atoms with van der Waals surface area (Å²) in [5, 5.41) is 17.2. The topological polar surface area (TPSA) is 74.6 Å². The molecule has 0 atom stereocenters. The molecule has 0 unspecified atom stereocenters. The summed E-state index contributed by atoms with van der Waals surface area (Å²) in [4.78, 5) is 21.6. The van der Waals surface area contributed by atoms with Crippen LogP contribution in [-0.2, 0) is 4.79 Å². The molecule has 0 spiro atoms. The molecule has 0 aromatic heterocycles. The van der Waals surface area contributed by atoms with Gasteiger partial charge in [0.25, 0.3) is 0 Å². The number of allylic oxidation sites excluding steroid dienone is 2. The summed E-state index contributed by atoms with van der Waals surface area (Å²) in [7, 11) is 0. The molecule has 0 heterocycles. The highest BCUT2D eigenvalue weighted by molar-refractivity contribution is 6.06. The molecule has 25 heavy (non-hydrogen) atoms. The average molecular weight is 338 g/mol.